The molecule has 1 saturated carbocycles. The zero-order valence-electron chi connectivity index (χ0n) is 12.4. The van der Waals surface area contributed by atoms with Gasteiger partial charge in [0.2, 0.25) is 0 Å². The molecular weight excluding hydrogens is 274 g/mol. The number of nitrogens with zero attached hydrogens (tertiary/aromatic N) is 3. The van der Waals surface area contributed by atoms with Crippen molar-refractivity contribution in [3.63, 3.8) is 0 Å². The summed E-state index contributed by atoms with van der Waals surface area (Å²) in [5.41, 5.74) is 2.19. The molecule has 5 heteroatoms. The third-order valence-electron chi connectivity index (χ3n) is 4.02. The van der Waals surface area contributed by atoms with Gasteiger partial charge in [-0.1, -0.05) is 19.8 Å². The molecule has 0 aliphatic heterocycles. The molecule has 0 saturated heterocycles. The summed E-state index contributed by atoms with van der Waals surface area (Å²) in [7, 11) is 1.85. The highest BCUT2D eigenvalue weighted by molar-refractivity contribution is 6.21. The van der Waals surface area contributed by atoms with Gasteiger partial charge < -0.3 is 4.90 Å². The van der Waals surface area contributed by atoms with Crippen molar-refractivity contribution in [3.8, 4) is 0 Å². The molecule has 1 aliphatic carbocycles. The average molecular weight is 296 g/mol. The molecule has 2 unspecified atom stereocenters. The van der Waals surface area contributed by atoms with Crippen molar-refractivity contribution < 1.29 is 4.79 Å². The van der Waals surface area contributed by atoms with Crippen LogP contribution in [-0.2, 0) is 6.42 Å². The van der Waals surface area contributed by atoms with E-state index in [1.165, 1.54) is 0 Å². The van der Waals surface area contributed by atoms with Crippen LogP contribution in [0.15, 0.2) is 6.07 Å². The number of hydrogen-bond acceptors (Lipinski definition) is 3. The van der Waals surface area contributed by atoms with Crippen LogP contribution in [0, 0.1) is 6.92 Å². The van der Waals surface area contributed by atoms with Gasteiger partial charge in [0.15, 0.2) is 0 Å². The summed E-state index contributed by atoms with van der Waals surface area (Å²) in [4.78, 5) is 14.5. The minimum atomic E-state index is 0.0115. The van der Waals surface area contributed by atoms with Gasteiger partial charge in [-0.2, -0.15) is 10.2 Å². The molecule has 1 amide bonds. The van der Waals surface area contributed by atoms with Gasteiger partial charge in [-0.25, -0.2) is 0 Å². The molecule has 1 aromatic heterocycles. The van der Waals surface area contributed by atoms with Crippen molar-refractivity contribution in [2.75, 3.05) is 7.05 Å². The smallest absolute Gasteiger partial charge is 0.255 e. The van der Waals surface area contributed by atoms with E-state index in [9.17, 15) is 4.79 Å². The fourth-order valence-corrected chi connectivity index (χ4v) is 3.25. The lowest BCUT2D eigenvalue weighted by Gasteiger charge is -2.35. The first-order chi connectivity index (χ1) is 9.54. The number of carbonyl (C=O) groups is 1. The highest BCUT2D eigenvalue weighted by Gasteiger charge is 2.30. The Kier molecular flexibility index (Phi) is 4.97. The molecule has 110 valence electrons. The maximum atomic E-state index is 12.7. The molecule has 0 bridgehead atoms. The third-order valence-corrected chi connectivity index (χ3v) is 4.53. The van der Waals surface area contributed by atoms with Crippen LogP contribution < -0.4 is 0 Å². The van der Waals surface area contributed by atoms with E-state index in [0.717, 1.165) is 37.1 Å². The van der Waals surface area contributed by atoms with Crippen LogP contribution in [-0.4, -0.2) is 39.5 Å². The molecule has 0 radical (unpaired) electrons. The van der Waals surface area contributed by atoms with E-state index in [2.05, 4.69) is 10.2 Å². The summed E-state index contributed by atoms with van der Waals surface area (Å²) >= 11 is 6.39. The molecule has 0 spiro atoms. The Morgan fingerprint density at radius 3 is 2.75 bits per heavy atom. The number of carbonyl (C=O) groups excluding carboxylic acids is 1. The SMILES string of the molecule is CCc1nnc(C)cc1C(=O)N(C)C1CCCCC1Cl. The average Bonchev–Trinajstić information content (AvgIpc) is 2.46. The Balaban J connectivity index is 2.23. The summed E-state index contributed by atoms with van der Waals surface area (Å²) in [6.45, 7) is 3.84. The van der Waals surface area contributed by atoms with Crippen molar-refractivity contribution in [3.05, 3.63) is 23.0 Å². The maximum absolute atomic E-state index is 12.7. The number of rotatable bonds is 3. The summed E-state index contributed by atoms with van der Waals surface area (Å²) in [6.07, 6.45) is 4.97. The second-order valence-corrected chi connectivity index (χ2v) is 6.04. The van der Waals surface area contributed by atoms with Crippen LogP contribution in [0.25, 0.3) is 0 Å². The first kappa shape index (κ1) is 15.2. The Morgan fingerprint density at radius 1 is 1.40 bits per heavy atom. The Bertz CT molecular complexity index is 492. The largest absolute Gasteiger partial charge is 0.337 e. The fourth-order valence-electron chi connectivity index (χ4n) is 2.80. The van der Waals surface area contributed by atoms with Crippen molar-refractivity contribution in [2.24, 2.45) is 0 Å². The van der Waals surface area contributed by atoms with Gasteiger partial charge in [0.1, 0.15) is 0 Å². The Labute approximate surface area is 125 Å². The highest BCUT2D eigenvalue weighted by Crippen LogP contribution is 2.27. The highest BCUT2D eigenvalue weighted by atomic mass is 35.5. The first-order valence-electron chi connectivity index (χ1n) is 7.29. The maximum Gasteiger partial charge on any atom is 0.255 e. The van der Waals surface area contributed by atoms with Gasteiger partial charge >= 0.3 is 0 Å². The summed E-state index contributed by atoms with van der Waals surface area (Å²) in [6, 6.07) is 1.95. The van der Waals surface area contributed by atoms with Gasteiger partial charge in [0.05, 0.1) is 22.3 Å². The van der Waals surface area contributed by atoms with E-state index >= 15 is 0 Å². The van der Waals surface area contributed by atoms with Crippen molar-refractivity contribution in [1.29, 1.82) is 0 Å². The van der Waals surface area contributed by atoms with Gasteiger partial charge in [0.25, 0.3) is 5.91 Å². The van der Waals surface area contributed by atoms with E-state index in [-0.39, 0.29) is 17.3 Å². The van der Waals surface area contributed by atoms with Gasteiger partial charge in [0, 0.05) is 13.1 Å². The lowest BCUT2D eigenvalue weighted by atomic mass is 9.93. The molecule has 0 aromatic carbocycles. The standard InChI is InChI=1S/C15H22ClN3O/c1-4-13-11(9-10(2)17-18-13)15(20)19(3)14-8-6-5-7-12(14)16/h9,12,14H,4-8H2,1-3H3. The van der Waals surface area contributed by atoms with E-state index < -0.39 is 0 Å². The molecule has 4 nitrogen and oxygen atoms in total. The quantitative estimate of drug-likeness (QED) is 0.805. The molecule has 1 aromatic rings. The van der Waals surface area contributed by atoms with Crippen molar-refractivity contribution in [2.45, 2.75) is 57.4 Å². The van der Waals surface area contributed by atoms with E-state index in [0.29, 0.717) is 12.0 Å². The number of alkyl halides is 1. The van der Waals surface area contributed by atoms with E-state index in [1.54, 1.807) is 4.90 Å². The normalized spacial score (nSPS) is 22.6. The van der Waals surface area contributed by atoms with Gasteiger partial charge in [-0.05, 0) is 32.3 Å². The number of halogens is 1. The monoisotopic (exact) mass is 295 g/mol. The van der Waals surface area contributed by atoms with Crippen LogP contribution in [0.4, 0.5) is 0 Å². The predicted molar refractivity (Wildman–Crippen MR) is 80.1 cm³/mol. The minimum Gasteiger partial charge on any atom is -0.337 e. The number of aryl methyl sites for hydroxylation is 2. The minimum absolute atomic E-state index is 0.0115. The van der Waals surface area contributed by atoms with E-state index in [4.69, 9.17) is 11.6 Å². The molecular formula is C15H22ClN3O. The van der Waals surface area contributed by atoms with Crippen LogP contribution >= 0.6 is 11.6 Å². The summed E-state index contributed by atoms with van der Waals surface area (Å²) in [5, 5.41) is 8.22. The lowest BCUT2D eigenvalue weighted by molar-refractivity contribution is 0.0698. The molecule has 1 heterocycles. The second-order valence-electron chi connectivity index (χ2n) is 5.48. The topological polar surface area (TPSA) is 46.1 Å². The van der Waals surface area contributed by atoms with Crippen LogP contribution in [0.2, 0.25) is 0 Å². The second kappa shape index (κ2) is 6.53. The molecule has 20 heavy (non-hydrogen) atoms. The van der Waals surface area contributed by atoms with Crippen LogP contribution in [0.3, 0.4) is 0 Å². The Morgan fingerprint density at radius 2 is 2.10 bits per heavy atom. The van der Waals surface area contributed by atoms with Crippen molar-refractivity contribution in [1.82, 2.24) is 15.1 Å². The lowest BCUT2D eigenvalue weighted by Crippen LogP contribution is -2.44. The zero-order chi connectivity index (χ0) is 14.7. The van der Waals surface area contributed by atoms with E-state index in [1.807, 2.05) is 27.0 Å². The third kappa shape index (κ3) is 3.11. The Hall–Kier alpha value is -1.16. The first-order valence-corrected chi connectivity index (χ1v) is 7.72. The summed E-state index contributed by atoms with van der Waals surface area (Å²) in [5.74, 6) is 0.0115. The number of hydrogen-bond donors (Lipinski definition) is 0. The predicted octanol–water partition coefficient (Wildman–Crippen LogP) is 2.97. The zero-order valence-corrected chi connectivity index (χ0v) is 13.2. The molecule has 2 rings (SSSR count). The van der Waals surface area contributed by atoms with Crippen LogP contribution in [0.5, 0.6) is 0 Å². The number of aromatic nitrogens is 2. The van der Waals surface area contributed by atoms with Crippen molar-refractivity contribution >= 4 is 17.5 Å². The molecule has 1 fully saturated rings. The summed E-state index contributed by atoms with van der Waals surface area (Å²) < 4.78 is 0. The molecule has 1 aliphatic rings. The van der Waals surface area contributed by atoms with Crippen LogP contribution in [0.1, 0.15) is 54.4 Å². The fraction of sp³-hybridized carbons (Fsp3) is 0.667. The van der Waals surface area contributed by atoms with Gasteiger partial charge in [-0.3, -0.25) is 4.79 Å². The molecule has 2 atom stereocenters. The number of amides is 1. The molecule has 0 N–H and O–H groups in total. The van der Waals surface area contributed by atoms with Gasteiger partial charge in [-0.15, -0.1) is 11.6 Å².